The highest BCUT2D eigenvalue weighted by Gasteiger charge is 2.27. The van der Waals surface area contributed by atoms with Gasteiger partial charge in [0.05, 0.1) is 0 Å². The summed E-state index contributed by atoms with van der Waals surface area (Å²) in [5.74, 6) is -0.672. The first-order chi connectivity index (χ1) is 9.11. The second-order valence-corrected chi connectivity index (χ2v) is 4.91. The van der Waals surface area contributed by atoms with Crippen LogP contribution in [0.25, 0.3) is 0 Å². The highest BCUT2D eigenvalue weighted by Crippen LogP contribution is 2.30. The molecular weight excluding hydrogens is 244 g/mol. The molecule has 1 amide bonds. The van der Waals surface area contributed by atoms with Crippen LogP contribution in [0.15, 0.2) is 18.2 Å². The summed E-state index contributed by atoms with van der Waals surface area (Å²) in [5, 5.41) is 8.90. The molecular formula is C14H18N2O3. The number of carbonyl (C=O) groups is 2. The fraction of sp³-hybridized carbons (Fsp3) is 0.500. The van der Waals surface area contributed by atoms with Crippen LogP contribution < -0.4 is 0 Å². The number of amides is 1. The minimum Gasteiger partial charge on any atom is -0.477 e. The number of carboxylic acid groups (broad SMARTS) is 1. The van der Waals surface area contributed by atoms with Crippen LogP contribution in [-0.2, 0) is 0 Å². The number of aromatic carboxylic acids is 1. The van der Waals surface area contributed by atoms with Gasteiger partial charge in [0.15, 0.2) is 0 Å². The second kappa shape index (κ2) is 5.82. The second-order valence-electron chi connectivity index (χ2n) is 4.91. The van der Waals surface area contributed by atoms with Crippen molar-refractivity contribution in [2.75, 3.05) is 13.1 Å². The smallest absolute Gasteiger partial charge is 0.354 e. The standard InChI is InChI=1S/C14H18N2O3/c1-2-8-16(9-10-6-7-10)13(17)11-4-3-5-12(15-11)14(18)19/h3-5,10H,2,6-9H2,1H3,(H,18,19). The molecule has 1 fully saturated rings. The molecule has 0 aromatic carbocycles. The van der Waals surface area contributed by atoms with E-state index >= 15 is 0 Å². The Balaban J connectivity index is 2.14. The predicted molar refractivity (Wildman–Crippen MR) is 70.1 cm³/mol. The van der Waals surface area contributed by atoms with Crippen molar-refractivity contribution in [3.8, 4) is 0 Å². The summed E-state index contributed by atoms with van der Waals surface area (Å²) >= 11 is 0. The van der Waals surface area contributed by atoms with E-state index in [0.717, 1.165) is 13.0 Å². The van der Waals surface area contributed by atoms with Crippen LogP contribution in [0.2, 0.25) is 0 Å². The molecule has 1 aliphatic carbocycles. The number of carboxylic acids is 1. The molecule has 1 aromatic heterocycles. The minimum absolute atomic E-state index is 0.0891. The van der Waals surface area contributed by atoms with E-state index in [4.69, 9.17) is 5.11 Å². The first-order valence-corrected chi connectivity index (χ1v) is 6.61. The summed E-state index contributed by atoms with van der Waals surface area (Å²) in [6.45, 7) is 3.47. The molecule has 0 saturated heterocycles. The molecule has 0 aliphatic heterocycles. The summed E-state index contributed by atoms with van der Waals surface area (Å²) in [6, 6.07) is 4.53. The van der Waals surface area contributed by atoms with E-state index < -0.39 is 5.97 Å². The van der Waals surface area contributed by atoms with Crippen molar-refractivity contribution in [2.24, 2.45) is 5.92 Å². The fourth-order valence-corrected chi connectivity index (χ4v) is 1.99. The number of hydrogen-bond donors (Lipinski definition) is 1. The monoisotopic (exact) mass is 262 g/mol. The zero-order valence-electron chi connectivity index (χ0n) is 11.0. The highest BCUT2D eigenvalue weighted by atomic mass is 16.4. The van der Waals surface area contributed by atoms with Crippen molar-refractivity contribution in [3.63, 3.8) is 0 Å². The van der Waals surface area contributed by atoms with Crippen LogP contribution in [0.1, 0.15) is 47.2 Å². The Bertz CT molecular complexity index is 483. The zero-order chi connectivity index (χ0) is 13.8. The predicted octanol–water partition coefficient (Wildman–Crippen LogP) is 2.04. The maximum atomic E-state index is 12.3. The summed E-state index contributed by atoms with van der Waals surface area (Å²) in [7, 11) is 0. The lowest BCUT2D eigenvalue weighted by Crippen LogP contribution is -2.34. The maximum Gasteiger partial charge on any atom is 0.354 e. The maximum absolute atomic E-state index is 12.3. The van der Waals surface area contributed by atoms with Crippen molar-refractivity contribution in [1.29, 1.82) is 0 Å². The quantitative estimate of drug-likeness (QED) is 0.851. The Hall–Kier alpha value is -1.91. The average molecular weight is 262 g/mol. The Morgan fingerprint density at radius 2 is 2.05 bits per heavy atom. The lowest BCUT2D eigenvalue weighted by atomic mass is 10.2. The lowest BCUT2D eigenvalue weighted by molar-refractivity contribution is 0.0689. The van der Waals surface area contributed by atoms with Crippen molar-refractivity contribution >= 4 is 11.9 Å². The van der Waals surface area contributed by atoms with E-state index in [0.29, 0.717) is 12.5 Å². The van der Waals surface area contributed by atoms with E-state index in [1.807, 2.05) is 6.92 Å². The summed E-state index contributed by atoms with van der Waals surface area (Å²) in [4.78, 5) is 28.9. The van der Waals surface area contributed by atoms with Gasteiger partial charge in [0.2, 0.25) is 0 Å². The van der Waals surface area contributed by atoms with E-state index in [1.165, 1.54) is 18.9 Å². The van der Waals surface area contributed by atoms with Crippen molar-refractivity contribution in [1.82, 2.24) is 9.88 Å². The normalized spacial score (nSPS) is 14.2. The van der Waals surface area contributed by atoms with E-state index in [1.54, 1.807) is 17.0 Å². The molecule has 0 bridgehead atoms. The third-order valence-corrected chi connectivity index (χ3v) is 3.14. The van der Waals surface area contributed by atoms with E-state index in [-0.39, 0.29) is 17.3 Å². The molecule has 1 heterocycles. The van der Waals surface area contributed by atoms with Gasteiger partial charge in [0, 0.05) is 13.1 Å². The Morgan fingerprint density at radius 1 is 1.37 bits per heavy atom. The average Bonchev–Trinajstić information content (AvgIpc) is 3.21. The molecule has 5 heteroatoms. The van der Waals surface area contributed by atoms with Gasteiger partial charge in [0.1, 0.15) is 11.4 Å². The molecule has 0 radical (unpaired) electrons. The Morgan fingerprint density at radius 3 is 2.63 bits per heavy atom. The van der Waals surface area contributed by atoms with Crippen LogP contribution in [0.3, 0.4) is 0 Å². The van der Waals surface area contributed by atoms with Gasteiger partial charge in [-0.1, -0.05) is 13.0 Å². The first-order valence-electron chi connectivity index (χ1n) is 6.61. The summed E-state index contributed by atoms with van der Waals surface area (Å²) in [5.41, 5.74) is 0.128. The molecule has 0 atom stereocenters. The molecule has 102 valence electrons. The molecule has 1 aromatic rings. The van der Waals surface area contributed by atoms with Gasteiger partial charge in [-0.05, 0) is 37.3 Å². The third kappa shape index (κ3) is 3.53. The van der Waals surface area contributed by atoms with Gasteiger partial charge in [-0.2, -0.15) is 0 Å². The number of carbonyl (C=O) groups excluding carboxylic acids is 1. The Kier molecular flexibility index (Phi) is 4.14. The number of nitrogens with zero attached hydrogens (tertiary/aromatic N) is 2. The van der Waals surface area contributed by atoms with Crippen LogP contribution >= 0.6 is 0 Å². The van der Waals surface area contributed by atoms with Crippen molar-refractivity contribution in [2.45, 2.75) is 26.2 Å². The van der Waals surface area contributed by atoms with Crippen LogP contribution in [0.4, 0.5) is 0 Å². The molecule has 5 nitrogen and oxygen atoms in total. The first kappa shape index (κ1) is 13.5. The molecule has 0 unspecified atom stereocenters. The van der Waals surface area contributed by atoms with Crippen LogP contribution in [0, 0.1) is 5.92 Å². The van der Waals surface area contributed by atoms with Gasteiger partial charge in [-0.3, -0.25) is 4.79 Å². The zero-order valence-corrected chi connectivity index (χ0v) is 11.0. The Labute approximate surface area is 112 Å². The minimum atomic E-state index is -1.11. The fourth-order valence-electron chi connectivity index (χ4n) is 1.99. The SMILES string of the molecule is CCCN(CC1CC1)C(=O)c1cccc(C(=O)O)n1. The van der Waals surface area contributed by atoms with Crippen LogP contribution in [0.5, 0.6) is 0 Å². The molecule has 19 heavy (non-hydrogen) atoms. The largest absolute Gasteiger partial charge is 0.477 e. The van der Waals surface area contributed by atoms with E-state index in [2.05, 4.69) is 4.98 Å². The van der Waals surface area contributed by atoms with E-state index in [9.17, 15) is 9.59 Å². The van der Waals surface area contributed by atoms with Crippen molar-refractivity contribution < 1.29 is 14.7 Å². The number of pyridine rings is 1. The van der Waals surface area contributed by atoms with Gasteiger partial charge >= 0.3 is 5.97 Å². The van der Waals surface area contributed by atoms with Gasteiger partial charge in [-0.25, -0.2) is 9.78 Å². The molecule has 1 aliphatic rings. The van der Waals surface area contributed by atoms with Crippen molar-refractivity contribution in [3.05, 3.63) is 29.6 Å². The summed E-state index contributed by atoms with van der Waals surface area (Å²) in [6.07, 6.45) is 3.24. The molecule has 1 N–H and O–H groups in total. The number of aromatic nitrogens is 1. The topological polar surface area (TPSA) is 70.5 Å². The lowest BCUT2D eigenvalue weighted by Gasteiger charge is -2.21. The number of hydrogen-bond acceptors (Lipinski definition) is 3. The molecule has 1 saturated carbocycles. The third-order valence-electron chi connectivity index (χ3n) is 3.14. The highest BCUT2D eigenvalue weighted by molar-refractivity contribution is 5.94. The molecule has 2 rings (SSSR count). The van der Waals surface area contributed by atoms with Gasteiger partial charge in [0.25, 0.3) is 5.91 Å². The van der Waals surface area contributed by atoms with Gasteiger partial charge < -0.3 is 10.0 Å². The summed E-state index contributed by atoms with van der Waals surface area (Å²) < 4.78 is 0. The number of rotatable bonds is 6. The molecule has 0 spiro atoms. The van der Waals surface area contributed by atoms with Gasteiger partial charge in [-0.15, -0.1) is 0 Å². The van der Waals surface area contributed by atoms with Crippen LogP contribution in [-0.4, -0.2) is 40.0 Å².